The molecule has 0 atom stereocenters. The van der Waals surface area contributed by atoms with Crippen molar-refractivity contribution in [2.75, 3.05) is 13.7 Å². The Balaban J connectivity index is 2.72. The summed E-state index contributed by atoms with van der Waals surface area (Å²) < 4.78 is 43.2. The molecule has 0 spiro atoms. The Hall–Kier alpha value is -1.57. The predicted molar refractivity (Wildman–Crippen MR) is 72.7 cm³/mol. The van der Waals surface area contributed by atoms with Gasteiger partial charge in [-0.15, -0.1) is 0 Å². The van der Waals surface area contributed by atoms with Gasteiger partial charge in [0.15, 0.2) is 0 Å². The number of alkyl halides is 3. The Labute approximate surface area is 127 Å². The van der Waals surface area contributed by atoms with Crippen molar-refractivity contribution in [2.24, 2.45) is 0 Å². The van der Waals surface area contributed by atoms with Crippen LogP contribution in [0, 0.1) is 0 Å². The molecule has 0 saturated heterocycles. The van der Waals surface area contributed by atoms with E-state index in [-0.39, 0.29) is 23.9 Å². The smallest absolute Gasteiger partial charge is 0.417 e. The lowest BCUT2D eigenvalue weighted by Crippen LogP contribution is -2.27. The molecule has 0 aliphatic rings. The molecule has 0 bridgehead atoms. The molecular formula is C13H13BrF3NO3. The second-order valence-electron chi connectivity index (χ2n) is 4.12. The number of carbonyl (C=O) groups excluding carboxylic acids is 2. The van der Waals surface area contributed by atoms with Crippen LogP contribution < -0.4 is 5.32 Å². The van der Waals surface area contributed by atoms with Crippen LogP contribution in [0.1, 0.15) is 28.8 Å². The number of hydrogen-bond acceptors (Lipinski definition) is 3. The Morgan fingerprint density at radius 2 is 2.00 bits per heavy atom. The minimum Gasteiger partial charge on any atom is -0.469 e. The summed E-state index contributed by atoms with van der Waals surface area (Å²) >= 11 is 2.94. The van der Waals surface area contributed by atoms with E-state index in [1.165, 1.54) is 13.2 Å². The van der Waals surface area contributed by atoms with E-state index < -0.39 is 29.2 Å². The maximum absolute atomic E-state index is 12.9. The number of carbonyl (C=O) groups is 2. The maximum atomic E-state index is 12.9. The van der Waals surface area contributed by atoms with Gasteiger partial charge in [-0.2, -0.15) is 13.2 Å². The largest absolute Gasteiger partial charge is 0.469 e. The van der Waals surface area contributed by atoms with Gasteiger partial charge in [0.05, 0.1) is 18.2 Å². The van der Waals surface area contributed by atoms with Gasteiger partial charge in [-0.1, -0.05) is 15.9 Å². The number of halogens is 4. The van der Waals surface area contributed by atoms with Gasteiger partial charge in [0.2, 0.25) is 0 Å². The Bertz CT molecular complexity index is 532. The molecule has 0 aliphatic carbocycles. The molecule has 21 heavy (non-hydrogen) atoms. The van der Waals surface area contributed by atoms with Crippen molar-refractivity contribution in [1.29, 1.82) is 0 Å². The molecule has 8 heteroatoms. The molecule has 1 rings (SSSR count). The summed E-state index contributed by atoms with van der Waals surface area (Å²) in [5, 5.41) is 2.35. The summed E-state index contributed by atoms with van der Waals surface area (Å²) in [5.74, 6) is -1.27. The molecule has 116 valence electrons. The van der Waals surface area contributed by atoms with E-state index in [2.05, 4.69) is 26.0 Å². The number of amides is 1. The highest BCUT2D eigenvalue weighted by Gasteiger charge is 2.35. The van der Waals surface area contributed by atoms with Crippen LogP contribution in [0.15, 0.2) is 22.7 Å². The van der Waals surface area contributed by atoms with Crippen LogP contribution in [0.2, 0.25) is 0 Å². The molecule has 0 aliphatic heterocycles. The third-order valence-electron chi connectivity index (χ3n) is 2.60. The van der Waals surface area contributed by atoms with Gasteiger partial charge in [0, 0.05) is 17.4 Å². The minimum absolute atomic E-state index is 0.0846. The first kappa shape index (κ1) is 17.5. The summed E-state index contributed by atoms with van der Waals surface area (Å²) in [6.07, 6.45) is -4.25. The van der Waals surface area contributed by atoms with Gasteiger partial charge in [-0.3, -0.25) is 9.59 Å². The van der Waals surface area contributed by atoms with E-state index in [1.54, 1.807) is 0 Å². The number of methoxy groups -OCH3 is 1. The second-order valence-corrected chi connectivity index (χ2v) is 5.04. The lowest BCUT2D eigenvalue weighted by atomic mass is 10.1. The fourth-order valence-electron chi connectivity index (χ4n) is 1.58. The standard InChI is InChI=1S/C13H13BrF3NO3/c1-21-11(19)3-2-6-18-12(20)9-5-4-8(14)7-10(9)13(15,16)17/h4-5,7H,2-3,6H2,1H3,(H,18,20). The van der Waals surface area contributed by atoms with Gasteiger partial charge in [-0.05, 0) is 24.6 Å². The summed E-state index contributed by atoms with van der Waals surface area (Å²) in [5.41, 5.74) is -1.47. The van der Waals surface area contributed by atoms with E-state index in [4.69, 9.17) is 0 Å². The maximum Gasteiger partial charge on any atom is 0.417 e. The molecule has 1 N–H and O–H groups in total. The number of esters is 1. The highest BCUT2D eigenvalue weighted by Crippen LogP contribution is 2.33. The molecule has 0 radical (unpaired) electrons. The summed E-state index contributed by atoms with van der Waals surface area (Å²) in [7, 11) is 1.23. The number of rotatable bonds is 5. The zero-order chi connectivity index (χ0) is 16.0. The van der Waals surface area contributed by atoms with Crippen molar-refractivity contribution >= 4 is 27.8 Å². The molecule has 0 saturated carbocycles. The van der Waals surface area contributed by atoms with Gasteiger partial charge < -0.3 is 10.1 Å². The first-order valence-corrected chi connectivity index (χ1v) is 6.76. The molecule has 1 amide bonds. The van der Waals surface area contributed by atoms with Crippen molar-refractivity contribution in [3.63, 3.8) is 0 Å². The number of benzene rings is 1. The minimum atomic E-state index is -4.62. The van der Waals surface area contributed by atoms with Crippen LogP contribution in [-0.4, -0.2) is 25.5 Å². The first-order valence-electron chi connectivity index (χ1n) is 5.97. The second kappa shape index (κ2) is 7.44. The van der Waals surface area contributed by atoms with Crippen molar-refractivity contribution in [3.8, 4) is 0 Å². The third kappa shape index (κ3) is 5.37. The van der Waals surface area contributed by atoms with Crippen molar-refractivity contribution in [1.82, 2.24) is 5.32 Å². The fraction of sp³-hybridized carbons (Fsp3) is 0.385. The first-order chi connectivity index (χ1) is 9.75. The van der Waals surface area contributed by atoms with E-state index in [9.17, 15) is 22.8 Å². The quantitative estimate of drug-likeness (QED) is 0.642. The SMILES string of the molecule is COC(=O)CCCNC(=O)c1ccc(Br)cc1C(F)(F)F. The van der Waals surface area contributed by atoms with E-state index in [0.717, 1.165) is 12.1 Å². The van der Waals surface area contributed by atoms with Gasteiger partial charge >= 0.3 is 12.1 Å². The van der Waals surface area contributed by atoms with Crippen LogP contribution in [-0.2, 0) is 15.7 Å². The van der Waals surface area contributed by atoms with Crippen LogP contribution in [0.3, 0.4) is 0 Å². The summed E-state index contributed by atoms with van der Waals surface area (Å²) in [4.78, 5) is 22.7. The third-order valence-corrected chi connectivity index (χ3v) is 3.10. The van der Waals surface area contributed by atoms with E-state index in [1.807, 2.05) is 0 Å². The Morgan fingerprint density at radius 3 is 2.57 bits per heavy atom. The number of nitrogens with one attached hydrogen (secondary N) is 1. The fourth-order valence-corrected chi connectivity index (χ4v) is 1.94. The average molecular weight is 368 g/mol. The van der Waals surface area contributed by atoms with Crippen LogP contribution >= 0.6 is 15.9 Å². The molecule has 1 aromatic rings. The van der Waals surface area contributed by atoms with Crippen molar-refractivity contribution < 1.29 is 27.5 Å². The summed E-state index contributed by atoms with van der Waals surface area (Å²) in [6.45, 7) is 0.0846. The highest BCUT2D eigenvalue weighted by molar-refractivity contribution is 9.10. The van der Waals surface area contributed by atoms with Gasteiger partial charge in [0.25, 0.3) is 5.91 Å². The molecule has 0 aromatic heterocycles. The average Bonchev–Trinajstić information content (AvgIpc) is 2.41. The lowest BCUT2D eigenvalue weighted by Gasteiger charge is -2.13. The summed E-state index contributed by atoms with van der Waals surface area (Å²) in [6, 6.07) is 3.31. The zero-order valence-corrected chi connectivity index (χ0v) is 12.7. The van der Waals surface area contributed by atoms with Crippen LogP contribution in [0.4, 0.5) is 13.2 Å². The van der Waals surface area contributed by atoms with Crippen LogP contribution in [0.25, 0.3) is 0 Å². The molecule has 0 heterocycles. The number of ether oxygens (including phenoxy) is 1. The monoisotopic (exact) mass is 367 g/mol. The zero-order valence-electron chi connectivity index (χ0n) is 11.1. The molecule has 1 aromatic carbocycles. The molecule has 4 nitrogen and oxygen atoms in total. The Morgan fingerprint density at radius 1 is 1.33 bits per heavy atom. The van der Waals surface area contributed by atoms with E-state index >= 15 is 0 Å². The highest BCUT2D eigenvalue weighted by atomic mass is 79.9. The van der Waals surface area contributed by atoms with E-state index in [0.29, 0.717) is 0 Å². The number of hydrogen-bond donors (Lipinski definition) is 1. The Kier molecular flexibility index (Phi) is 6.19. The lowest BCUT2D eigenvalue weighted by molar-refractivity contribution is -0.140. The normalized spacial score (nSPS) is 11.1. The van der Waals surface area contributed by atoms with Crippen LogP contribution in [0.5, 0.6) is 0 Å². The molecule has 0 unspecified atom stereocenters. The van der Waals surface area contributed by atoms with Gasteiger partial charge in [0.1, 0.15) is 0 Å². The van der Waals surface area contributed by atoms with Gasteiger partial charge in [-0.25, -0.2) is 0 Å². The van der Waals surface area contributed by atoms with Crippen molar-refractivity contribution in [2.45, 2.75) is 19.0 Å². The molecular weight excluding hydrogens is 355 g/mol. The predicted octanol–water partition coefficient (Wildman–Crippen LogP) is 3.15. The topological polar surface area (TPSA) is 55.4 Å². The van der Waals surface area contributed by atoms with Crippen molar-refractivity contribution in [3.05, 3.63) is 33.8 Å². The molecule has 0 fully saturated rings.